The number of nitrogen functional groups attached to an aromatic ring is 1. The molecule has 0 fully saturated rings. The fourth-order valence-electron chi connectivity index (χ4n) is 2.01. The summed E-state index contributed by atoms with van der Waals surface area (Å²) in [5.41, 5.74) is 9.11. The molecule has 0 aliphatic carbocycles. The summed E-state index contributed by atoms with van der Waals surface area (Å²) in [6, 6.07) is 11.2. The number of hydrogen-bond donors (Lipinski definition) is 1. The van der Waals surface area contributed by atoms with Crippen LogP contribution in [0.2, 0.25) is 5.02 Å². The summed E-state index contributed by atoms with van der Waals surface area (Å²) in [5.74, 6) is 0.602. The molecule has 0 amide bonds. The number of nitrogens with two attached hydrogens (primary N) is 1. The number of hydrogen-bond acceptors (Lipinski definition) is 4. The number of nitrogens with zero attached hydrogens (tertiary/aromatic N) is 4. The number of halogens is 2. The predicted octanol–water partition coefficient (Wildman–Crippen LogP) is 3.64. The first-order chi connectivity index (χ1) is 10.1. The zero-order valence-electron chi connectivity index (χ0n) is 11.1. The maximum absolute atomic E-state index is 5.95. The van der Waals surface area contributed by atoms with Gasteiger partial charge in [-0.1, -0.05) is 23.7 Å². The number of tetrazole rings is 1. The van der Waals surface area contributed by atoms with E-state index in [1.165, 1.54) is 0 Å². The molecule has 3 rings (SSSR count). The summed E-state index contributed by atoms with van der Waals surface area (Å²) in [7, 11) is 0. The minimum absolute atomic E-state index is 0.493. The van der Waals surface area contributed by atoms with Crippen LogP contribution in [0, 0.1) is 6.92 Å². The fraction of sp³-hybridized carbons (Fsp3) is 0.0714. The van der Waals surface area contributed by atoms with Gasteiger partial charge in [0.15, 0.2) is 5.82 Å². The molecular formula is C14H11BrClN5. The second kappa shape index (κ2) is 5.46. The summed E-state index contributed by atoms with van der Waals surface area (Å²) in [6.45, 7) is 2.01. The van der Waals surface area contributed by atoms with Gasteiger partial charge >= 0.3 is 0 Å². The minimum Gasteiger partial charge on any atom is -0.398 e. The molecule has 2 N–H and O–H groups in total. The van der Waals surface area contributed by atoms with Crippen molar-refractivity contribution in [3.8, 4) is 17.1 Å². The van der Waals surface area contributed by atoms with Gasteiger partial charge in [-0.15, -0.1) is 5.10 Å². The molecule has 0 saturated heterocycles. The highest BCUT2D eigenvalue weighted by atomic mass is 79.9. The Hall–Kier alpha value is -1.92. The van der Waals surface area contributed by atoms with E-state index in [2.05, 4.69) is 31.5 Å². The van der Waals surface area contributed by atoms with Crippen LogP contribution in [0.3, 0.4) is 0 Å². The van der Waals surface area contributed by atoms with Gasteiger partial charge in [-0.2, -0.15) is 4.68 Å². The fourth-order valence-corrected chi connectivity index (χ4v) is 2.56. The lowest BCUT2D eigenvalue weighted by molar-refractivity contribution is 0.788. The quantitative estimate of drug-likeness (QED) is 0.705. The van der Waals surface area contributed by atoms with E-state index in [9.17, 15) is 0 Å². The number of aryl methyl sites for hydroxylation is 1. The number of aromatic nitrogens is 4. The van der Waals surface area contributed by atoms with Gasteiger partial charge in [-0.25, -0.2) is 0 Å². The van der Waals surface area contributed by atoms with Crippen LogP contribution < -0.4 is 5.73 Å². The summed E-state index contributed by atoms with van der Waals surface area (Å²) in [4.78, 5) is 0. The van der Waals surface area contributed by atoms with E-state index in [4.69, 9.17) is 17.3 Å². The van der Waals surface area contributed by atoms with Crippen molar-refractivity contribution in [1.29, 1.82) is 0 Å². The molecule has 0 bridgehead atoms. The highest BCUT2D eigenvalue weighted by Gasteiger charge is 2.14. The van der Waals surface area contributed by atoms with E-state index < -0.39 is 0 Å². The van der Waals surface area contributed by atoms with Crippen molar-refractivity contribution in [3.63, 3.8) is 0 Å². The van der Waals surface area contributed by atoms with Gasteiger partial charge in [-0.05, 0) is 63.1 Å². The average molecular weight is 365 g/mol. The summed E-state index contributed by atoms with van der Waals surface area (Å²) in [5, 5.41) is 12.4. The third-order valence-electron chi connectivity index (χ3n) is 3.12. The number of rotatable bonds is 2. The predicted molar refractivity (Wildman–Crippen MR) is 86.4 cm³/mol. The maximum Gasteiger partial charge on any atom is 0.187 e. The lowest BCUT2D eigenvalue weighted by atomic mass is 10.1. The average Bonchev–Trinajstić information content (AvgIpc) is 2.94. The molecule has 0 radical (unpaired) electrons. The maximum atomic E-state index is 5.95. The van der Waals surface area contributed by atoms with Crippen LogP contribution in [0.1, 0.15) is 5.56 Å². The number of benzene rings is 2. The van der Waals surface area contributed by atoms with Crippen molar-refractivity contribution >= 4 is 33.2 Å². The second-order valence-electron chi connectivity index (χ2n) is 4.56. The minimum atomic E-state index is 0.493. The van der Waals surface area contributed by atoms with Crippen LogP contribution in [0.5, 0.6) is 0 Å². The molecule has 1 aromatic heterocycles. The molecular weight excluding hydrogens is 354 g/mol. The summed E-state index contributed by atoms with van der Waals surface area (Å²) >= 11 is 9.53. The zero-order valence-corrected chi connectivity index (χ0v) is 13.4. The van der Waals surface area contributed by atoms with Gasteiger partial charge in [0.25, 0.3) is 0 Å². The SMILES string of the molecule is Cc1cccc(-n2nnnc2-c2ccc(Cl)c(N)c2)c1Br. The second-order valence-corrected chi connectivity index (χ2v) is 5.76. The van der Waals surface area contributed by atoms with Gasteiger partial charge < -0.3 is 5.73 Å². The molecule has 0 aliphatic heterocycles. The molecule has 0 saturated carbocycles. The molecule has 7 heteroatoms. The third kappa shape index (κ3) is 2.52. The Kier molecular flexibility index (Phi) is 3.65. The highest BCUT2D eigenvalue weighted by Crippen LogP contribution is 2.29. The Morgan fingerprint density at radius 3 is 2.81 bits per heavy atom. The first-order valence-corrected chi connectivity index (χ1v) is 7.34. The van der Waals surface area contributed by atoms with Crippen LogP contribution in [-0.4, -0.2) is 20.2 Å². The molecule has 2 aromatic carbocycles. The number of anilines is 1. The van der Waals surface area contributed by atoms with Crippen molar-refractivity contribution in [2.45, 2.75) is 6.92 Å². The van der Waals surface area contributed by atoms with E-state index in [0.29, 0.717) is 16.5 Å². The topological polar surface area (TPSA) is 69.6 Å². The van der Waals surface area contributed by atoms with Gasteiger partial charge in [0.05, 0.1) is 16.4 Å². The standard InChI is InChI=1S/C14H11BrClN5/c1-8-3-2-4-12(13(8)15)21-14(18-19-20-21)9-5-6-10(16)11(17)7-9/h2-7H,17H2,1H3. The van der Waals surface area contributed by atoms with Crippen molar-refractivity contribution in [2.24, 2.45) is 0 Å². The molecule has 1 heterocycles. The lowest BCUT2D eigenvalue weighted by Crippen LogP contribution is -2.02. The Labute approximate surface area is 134 Å². The van der Waals surface area contributed by atoms with Gasteiger partial charge in [0.1, 0.15) is 0 Å². The third-order valence-corrected chi connectivity index (χ3v) is 4.50. The van der Waals surface area contributed by atoms with Crippen LogP contribution >= 0.6 is 27.5 Å². The lowest BCUT2D eigenvalue weighted by Gasteiger charge is -2.09. The van der Waals surface area contributed by atoms with Crippen LogP contribution in [0.15, 0.2) is 40.9 Å². The van der Waals surface area contributed by atoms with Crippen molar-refractivity contribution < 1.29 is 0 Å². The molecule has 106 valence electrons. The van der Waals surface area contributed by atoms with Crippen LogP contribution in [-0.2, 0) is 0 Å². The highest BCUT2D eigenvalue weighted by molar-refractivity contribution is 9.10. The molecule has 21 heavy (non-hydrogen) atoms. The molecule has 5 nitrogen and oxygen atoms in total. The smallest absolute Gasteiger partial charge is 0.187 e. The summed E-state index contributed by atoms with van der Waals surface area (Å²) < 4.78 is 2.61. The van der Waals surface area contributed by atoms with Gasteiger partial charge in [0.2, 0.25) is 0 Å². The van der Waals surface area contributed by atoms with Crippen molar-refractivity contribution in [1.82, 2.24) is 20.2 Å². The van der Waals surface area contributed by atoms with Crippen LogP contribution in [0.25, 0.3) is 17.1 Å². The van der Waals surface area contributed by atoms with E-state index in [0.717, 1.165) is 21.3 Å². The first-order valence-electron chi connectivity index (χ1n) is 6.17. The molecule has 0 unspecified atom stereocenters. The molecule has 0 spiro atoms. The normalized spacial score (nSPS) is 10.8. The molecule has 3 aromatic rings. The molecule has 0 atom stereocenters. The molecule has 0 aliphatic rings. The Bertz CT molecular complexity index is 815. The summed E-state index contributed by atoms with van der Waals surface area (Å²) in [6.07, 6.45) is 0. The largest absolute Gasteiger partial charge is 0.398 e. The van der Waals surface area contributed by atoms with Crippen molar-refractivity contribution in [3.05, 3.63) is 51.5 Å². The van der Waals surface area contributed by atoms with Crippen LogP contribution in [0.4, 0.5) is 5.69 Å². The van der Waals surface area contributed by atoms with Crippen molar-refractivity contribution in [2.75, 3.05) is 5.73 Å². The van der Waals surface area contributed by atoms with E-state index in [-0.39, 0.29) is 0 Å². The zero-order chi connectivity index (χ0) is 15.0. The Morgan fingerprint density at radius 1 is 1.24 bits per heavy atom. The Morgan fingerprint density at radius 2 is 2.05 bits per heavy atom. The van der Waals surface area contributed by atoms with E-state index in [1.807, 2.05) is 31.2 Å². The van der Waals surface area contributed by atoms with Gasteiger partial charge in [0, 0.05) is 10.0 Å². The monoisotopic (exact) mass is 363 g/mol. The van der Waals surface area contributed by atoms with Gasteiger partial charge in [-0.3, -0.25) is 0 Å². The van der Waals surface area contributed by atoms with E-state index in [1.54, 1.807) is 16.8 Å². The first kappa shape index (κ1) is 14.0. The van der Waals surface area contributed by atoms with E-state index >= 15 is 0 Å². The Balaban J connectivity index is 2.17.